The van der Waals surface area contributed by atoms with E-state index in [2.05, 4.69) is 20.7 Å². The molecule has 0 saturated heterocycles. The van der Waals surface area contributed by atoms with Gasteiger partial charge in [0.2, 0.25) is 0 Å². The van der Waals surface area contributed by atoms with Crippen LogP contribution in [0.4, 0.5) is 17.1 Å². The molecule has 3 aromatic carbocycles. The smallest absolute Gasteiger partial charge is 0.265 e. The normalized spacial score (nSPS) is 10.9. The molecule has 0 bridgehead atoms. The van der Waals surface area contributed by atoms with Crippen LogP contribution in [0.3, 0.4) is 0 Å². The Balaban J connectivity index is 1.49. The van der Waals surface area contributed by atoms with Gasteiger partial charge < -0.3 is 19.6 Å². The molecule has 8 heteroatoms. The van der Waals surface area contributed by atoms with Gasteiger partial charge in [-0.15, -0.1) is 0 Å². The Hall–Kier alpha value is -4.20. The van der Waals surface area contributed by atoms with Gasteiger partial charge in [0.25, 0.3) is 5.91 Å². The molecule has 0 aliphatic heterocycles. The molecule has 3 aromatic rings. The summed E-state index contributed by atoms with van der Waals surface area (Å²) in [5, 5.41) is 14.9. The van der Waals surface area contributed by atoms with Crippen LogP contribution in [-0.2, 0) is 9.63 Å². The second kappa shape index (κ2) is 11.1. The Kier molecular flexibility index (Phi) is 7.70. The van der Waals surface area contributed by atoms with Crippen LogP contribution in [-0.4, -0.2) is 32.9 Å². The van der Waals surface area contributed by atoms with E-state index < -0.39 is 0 Å². The molecule has 0 heterocycles. The SMILES string of the molecule is COc1cccc(/C=N\OCC(=O)Nc2ccc(N=Nc3ccccc3)cc2)c1OC. The van der Waals surface area contributed by atoms with Crippen molar-refractivity contribution in [2.75, 3.05) is 26.1 Å². The maximum atomic E-state index is 12.0. The molecule has 3 rings (SSSR count). The lowest BCUT2D eigenvalue weighted by Gasteiger charge is -2.09. The molecular weight excluding hydrogens is 396 g/mol. The molecule has 0 saturated carbocycles. The molecule has 0 aliphatic rings. The van der Waals surface area contributed by atoms with Gasteiger partial charge in [0.05, 0.1) is 31.8 Å². The standard InChI is InChI=1S/C23H22N4O4/c1-29-21-10-6-7-17(23(21)30-2)15-24-31-16-22(28)25-18-11-13-20(14-12-18)27-26-19-8-4-3-5-9-19/h3-15H,16H2,1-2H3,(H,25,28)/b24-15-,27-26?. The molecule has 1 N–H and O–H groups in total. The van der Waals surface area contributed by atoms with E-state index in [1.165, 1.54) is 13.3 Å². The average molecular weight is 418 g/mol. The van der Waals surface area contributed by atoms with Crippen molar-refractivity contribution in [3.8, 4) is 11.5 Å². The number of benzene rings is 3. The lowest BCUT2D eigenvalue weighted by atomic mass is 10.2. The highest BCUT2D eigenvalue weighted by Crippen LogP contribution is 2.29. The maximum absolute atomic E-state index is 12.0. The fourth-order valence-electron chi connectivity index (χ4n) is 2.62. The number of ether oxygens (including phenoxy) is 2. The van der Waals surface area contributed by atoms with Gasteiger partial charge in [-0.2, -0.15) is 10.2 Å². The van der Waals surface area contributed by atoms with Gasteiger partial charge in [0.15, 0.2) is 18.1 Å². The van der Waals surface area contributed by atoms with Crippen molar-refractivity contribution >= 4 is 29.2 Å². The number of azo groups is 1. The zero-order chi connectivity index (χ0) is 21.9. The third-order valence-electron chi connectivity index (χ3n) is 4.08. The molecule has 0 radical (unpaired) electrons. The summed E-state index contributed by atoms with van der Waals surface area (Å²) in [6.07, 6.45) is 1.46. The Morgan fingerprint density at radius 1 is 0.871 bits per heavy atom. The Bertz CT molecular complexity index is 1050. The van der Waals surface area contributed by atoms with E-state index in [4.69, 9.17) is 14.3 Å². The number of nitrogens with zero attached hydrogens (tertiary/aromatic N) is 3. The summed E-state index contributed by atoms with van der Waals surface area (Å²) in [7, 11) is 3.09. The zero-order valence-corrected chi connectivity index (χ0v) is 17.2. The van der Waals surface area contributed by atoms with Gasteiger partial charge in [0, 0.05) is 11.3 Å². The summed E-state index contributed by atoms with van der Waals surface area (Å²) in [6, 6.07) is 21.8. The molecular formula is C23H22N4O4. The van der Waals surface area contributed by atoms with Gasteiger partial charge >= 0.3 is 0 Å². The van der Waals surface area contributed by atoms with Crippen molar-refractivity contribution in [3.05, 3.63) is 78.4 Å². The van der Waals surface area contributed by atoms with Crippen LogP contribution in [0.5, 0.6) is 11.5 Å². The minimum atomic E-state index is -0.339. The first kappa shape index (κ1) is 21.5. The molecule has 8 nitrogen and oxygen atoms in total. The van der Waals surface area contributed by atoms with Gasteiger partial charge in [-0.05, 0) is 48.5 Å². The van der Waals surface area contributed by atoms with Crippen molar-refractivity contribution < 1.29 is 19.1 Å². The van der Waals surface area contributed by atoms with Crippen LogP contribution in [0.25, 0.3) is 0 Å². The first-order valence-corrected chi connectivity index (χ1v) is 9.42. The molecule has 0 atom stereocenters. The van der Waals surface area contributed by atoms with Crippen LogP contribution in [0, 0.1) is 0 Å². The summed E-state index contributed by atoms with van der Waals surface area (Å²) < 4.78 is 10.5. The van der Waals surface area contributed by atoms with Crippen molar-refractivity contribution in [2.24, 2.45) is 15.4 Å². The van der Waals surface area contributed by atoms with Crippen LogP contribution in [0.2, 0.25) is 0 Å². The van der Waals surface area contributed by atoms with Crippen LogP contribution >= 0.6 is 0 Å². The number of hydrogen-bond acceptors (Lipinski definition) is 7. The fourth-order valence-corrected chi connectivity index (χ4v) is 2.62. The monoisotopic (exact) mass is 418 g/mol. The number of carbonyl (C=O) groups excluding carboxylic acids is 1. The number of hydrogen-bond donors (Lipinski definition) is 1. The molecule has 0 spiro atoms. The third kappa shape index (κ3) is 6.40. The van der Waals surface area contributed by atoms with Gasteiger partial charge in [0.1, 0.15) is 0 Å². The summed E-state index contributed by atoms with van der Waals surface area (Å²) in [4.78, 5) is 17.1. The van der Waals surface area contributed by atoms with Crippen LogP contribution in [0.15, 0.2) is 88.2 Å². The molecule has 1 amide bonds. The molecule has 0 aliphatic carbocycles. The second-order valence-corrected chi connectivity index (χ2v) is 6.22. The summed E-state index contributed by atoms with van der Waals surface area (Å²) in [5.74, 6) is 0.774. The number of amides is 1. The first-order chi connectivity index (χ1) is 15.2. The lowest BCUT2D eigenvalue weighted by Crippen LogP contribution is -2.16. The van der Waals surface area contributed by atoms with Crippen molar-refractivity contribution in [1.29, 1.82) is 0 Å². The number of nitrogens with one attached hydrogen (secondary N) is 1. The molecule has 0 fully saturated rings. The third-order valence-corrected chi connectivity index (χ3v) is 4.08. The Labute approximate surface area is 180 Å². The Morgan fingerprint density at radius 3 is 2.26 bits per heavy atom. The number of carbonyl (C=O) groups is 1. The Morgan fingerprint density at radius 2 is 1.58 bits per heavy atom. The lowest BCUT2D eigenvalue weighted by molar-refractivity contribution is -0.120. The fraction of sp³-hybridized carbons (Fsp3) is 0.130. The average Bonchev–Trinajstić information content (AvgIpc) is 2.81. The predicted molar refractivity (Wildman–Crippen MR) is 119 cm³/mol. The molecule has 0 aromatic heterocycles. The van der Waals surface area contributed by atoms with E-state index in [0.717, 1.165) is 5.69 Å². The van der Waals surface area contributed by atoms with Gasteiger partial charge in [-0.3, -0.25) is 4.79 Å². The highest BCUT2D eigenvalue weighted by Gasteiger charge is 2.08. The van der Waals surface area contributed by atoms with Gasteiger partial charge in [-0.1, -0.05) is 29.4 Å². The van der Waals surface area contributed by atoms with E-state index in [1.54, 1.807) is 49.6 Å². The maximum Gasteiger partial charge on any atom is 0.265 e. The number of rotatable bonds is 9. The summed E-state index contributed by atoms with van der Waals surface area (Å²) in [5.41, 5.74) is 2.73. The number of methoxy groups -OCH3 is 2. The van der Waals surface area contributed by atoms with E-state index >= 15 is 0 Å². The molecule has 0 unspecified atom stereocenters. The largest absolute Gasteiger partial charge is 0.493 e. The highest BCUT2D eigenvalue weighted by atomic mass is 16.6. The van der Waals surface area contributed by atoms with E-state index in [-0.39, 0.29) is 12.5 Å². The number of oxime groups is 1. The van der Waals surface area contributed by atoms with E-state index in [9.17, 15) is 4.79 Å². The summed E-state index contributed by atoms with van der Waals surface area (Å²) in [6.45, 7) is -0.238. The topological polar surface area (TPSA) is 93.9 Å². The van der Waals surface area contributed by atoms with Crippen molar-refractivity contribution in [1.82, 2.24) is 0 Å². The molecule has 158 valence electrons. The molecule has 31 heavy (non-hydrogen) atoms. The minimum Gasteiger partial charge on any atom is -0.493 e. The predicted octanol–water partition coefficient (Wildman–Crippen LogP) is 5.11. The van der Waals surface area contributed by atoms with E-state index in [0.29, 0.717) is 28.4 Å². The highest BCUT2D eigenvalue weighted by molar-refractivity contribution is 5.92. The van der Waals surface area contributed by atoms with Crippen LogP contribution < -0.4 is 14.8 Å². The minimum absolute atomic E-state index is 0.238. The first-order valence-electron chi connectivity index (χ1n) is 9.42. The number of anilines is 1. The van der Waals surface area contributed by atoms with Gasteiger partial charge in [-0.25, -0.2) is 0 Å². The quantitative estimate of drug-likeness (QED) is 0.297. The van der Waals surface area contributed by atoms with Crippen molar-refractivity contribution in [3.63, 3.8) is 0 Å². The number of para-hydroxylation sites is 1. The second-order valence-electron chi connectivity index (χ2n) is 6.22. The van der Waals surface area contributed by atoms with Crippen LogP contribution in [0.1, 0.15) is 5.56 Å². The van der Waals surface area contributed by atoms with E-state index in [1.807, 2.05) is 30.3 Å². The zero-order valence-electron chi connectivity index (χ0n) is 17.2. The van der Waals surface area contributed by atoms with Crippen molar-refractivity contribution in [2.45, 2.75) is 0 Å². The summed E-state index contributed by atoms with van der Waals surface area (Å²) >= 11 is 0.